The molecular weight excluding hydrogens is 276 g/mol. The summed E-state index contributed by atoms with van der Waals surface area (Å²) in [6.07, 6.45) is 1.29. The molecule has 6 heteroatoms. The summed E-state index contributed by atoms with van der Waals surface area (Å²) in [5, 5.41) is 0. The number of aromatic nitrogens is 1. The maximum absolute atomic E-state index is 12.6. The molecule has 0 spiro atoms. The Morgan fingerprint density at radius 3 is 2.60 bits per heavy atom. The molecule has 0 N–H and O–H groups in total. The van der Waals surface area contributed by atoms with Gasteiger partial charge >= 0.3 is 0 Å². The van der Waals surface area contributed by atoms with Gasteiger partial charge in [-0.3, -0.25) is 4.31 Å². The normalized spacial score (nSPS) is 11.7. The number of hydrogen-bond acceptors (Lipinski definition) is 4. The van der Waals surface area contributed by atoms with Crippen LogP contribution in [0.15, 0.2) is 64.2 Å². The number of rotatable bonds is 3. The second kappa shape index (κ2) is 4.64. The van der Waals surface area contributed by atoms with Gasteiger partial charge in [0.2, 0.25) is 0 Å². The van der Waals surface area contributed by atoms with Crippen LogP contribution in [0.5, 0.6) is 0 Å². The molecule has 1 aromatic heterocycles. The minimum absolute atomic E-state index is 0.174. The van der Waals surface area contributed by atoms with Gasteiger partial charge in [-0.05, 0) is 24.3 Å². The van der Waals surface area contributed by atoms with Gasteiger partial charge in [-0.2, -0.15) is 0 Å². The van der Waals surface area contributed by atoms with Gasteiger partial charge in [0, 0.05) is 13.1 Å². The number of para-hydroxylation sites is 1. The number of oxazole rings is 1. The van der Waals surface area contributed by atoms with E-state index < -0.39 is 10.0 Å². The lowest BCUT2D eigenvalue weighted by atomic mass is 10.3. The zero-order valence-corrected chi connectivity index (χ0v) is 11.5. The molecule has 3 rings (SSSR count). The zero-order valence-electron chi connectivity index (χ0n) is 10.7. The van der Waals surface area contributed by atoms with Gasteiger partial charge in [-0.25, -0.2) is 13.4 Å². The Morgan fingerprint density at radius 1 is 1.10 bits per heavy atom. The van der Waals surface area contributed by atoms with Gasteiger partial charge in [0.15, 0.2) is 12.0 Å². The number of sulfonamides is 1. The summed E-state index contributed by atoms with van der Waals surface area (Å²) in [4.78, 5) is 4.14. The van der Waals surface area contributed by atoms with E-state index in [2.05, 4.69) is 4.98 Å². The van der Waals surface area contributed by atoms with E-state index in [9.17, 15) is 8.42 Å². The molecule has 0 unspecified atom stereocenters. The summed E-state index contributed by atoms with van der Waals surface area (Å²) >= 11 is 0. The highest BCUT2D eigenvalue weighted by molar-refractivity contribution is 7.92. The number of hydrogen-bond donors (Lipinski definition) is 0. The fraction of sp³-hybridized carbons (Fsp3) is 0.0714. The predicted octanol–water partition coefficient (Wildman–Crippen LogP) is 2.65. The molecule has 0 radical (unpaired) electrons. The lowest BCUT2D eigenvalue weighted by Crippen LogP contribution is -2.26. The monoisotopic (exact) mass is 288 g/mol. The molecule has 3 aromatic rings. The first-order valence-corrected chi connectivity index (χ1v) is 7.40. The molecule has 0 fully saturated rings. The molecular formula is C14H12N2O3S. The number of benzene rings is 2. The first-order chi connectivity index (χ1) is 9.59. The van der Waals surface area contributed by atoms with Crippen LogP contribution in [-0.2, 0) is 10.0 Å². The maximum Gasteiger partial charge on any atom is 0.264 e. The number of fused-ring (bicyclic) bond motifs is 1. The zero-order chi connectivity index (χ0) is 14.2. The quantitative estimate of drug-likeness (QED) is 0.743. The highest BCUT2D eigenvalue weighted by Crippen LogP contribution is 2.24. The van der Waals surface area contributed by atoms with E-state index in [1.807, 2.05) is 6.07 Å². The van der Waals surface area contributed by atoms with Crippen molar-refractivity contribution in [3.63, 3.8) is 0 Å². The van der Waals surface area contributed by atoms with Crippen molar-refractivity contribution in [1.29, 1.82) is 0 Å². The summed E-state index contributed by atoms with van der Waals surface area (Å²) in [7, 11) is -2.09. The van der Waals surface area contributed by atoms with Crippen LogP contribution in [0.1, 0.15) is 0 Å². The van der Waals surface area contributed by atoms with Crippen LogP contribution in [0, 0.1) is 0 Å². The Labute approximate surface area is 116 Å². The fourth-order valence-electron chi connectivity index (χ4n) is 1.93. The van der Waals surface area contributed by atoms with Gasteiger partial charge in [-0.1, -0.05) is 18.2 Å². The van der Waals surface area contributed by atoms with E-state index in [1.54, 1.807) is 30.3 Å². The molecule has 2 aromatic carbocycles. The molecule has 1 heterocycles. The van der Waals surface area contributed by atoms with Crippen molar-refractivity contribution in [1.82, 2.24) is 4.98 Å². The highest BCUT2D eigenvalue weighted by atomic mass is 32.2. The molecule has 0 saturated heterocycles. The fourth-order valence-corrected chi connectivity index (χ4v) is 3.14. The number of nitrogens with zero attached hydrogens (tertiary/aromatic N) is 2. The van der Waals surface area contributed by atoms with Crippen LogP contribution in [-0.4, -0.2) is 20.4 Å². The maximum atomic E-state index is 12.6. The minimum atomic E-state index is -3.62. The topological polar surface area (TPSA) is 63.4 Å². The minimum Gasteiger partial charge on any atom is -0.443 e. The smallest absolute Gasteiger partial charge is 0.264 e. The molecule has 0 amide bonds. The van der Waals surface area contributed by atoms with Crippen LogP contribution in [0.3, 0.4) is 0 Å². The molecule has 0 aliphatic rings. The summed E-state index contributed by atoms with van der Waals surface area (Å²) in [6.45, 7) is 0. The first-order valence-electron chi connectivity index (χ1n) is 5.96. The van der Waals surface area contributed by atoms with Crippen molar-refractivity contribution >= 4 is 26.8 Å². The Bertz CT molecular complexity index is 841. The summed E-state index contributed by atoms with van der Waals surface area (Å²) in [5.74, 6) is 0. The predicted molar refractivity (Wildman–Crippen MR) is 76.0 cm³/mol. The van der Waals surface area contributed by atoms with Gasteiger partial charge in [0.25, 0.3) is 10.0 Å². The molecule has 0 atom stereocenters. The molecule has 102 valence electrons. The Hall–Kier alpha value is -2.34. The molecule has 5 nitrogen and oxygen atoms in total. The lowest BCUT2D eigenvalue weighted by Gasteiger charge is -2.19. The SMILES string of the molecule is CN(c1ccccc1)S(=O)(=O)c1ccc2ncoc2c1. The van der Waals surface area contributed by atoms with Crippen LogP contribution in [0.4, 0.5) is 5.69 Å². The summed E-state index contributed by atoms with van der Waals surface area (Å²) in [6, 6.07) is 13.5. The van der Waals surface area contributed by atoms with Crippen LogP contribution in [0.2, 0.25) is 0 Å². The van der Waals surface area contributed by atoms with Crippen molar-refractivity contribution in [3.05, 3.63) is 54.9 Å². The largest absolute Gasteiger partial charge is 0.443 e. The van der Waals surface area contributed by atoms with Crippen molar-refractivity contribution < 1.29 is 12.8 Å². The Balaban J connectivity index is 2.07. The van der Waals surface area contributed by atoms with E-state index >= 15 is 0 Å². The Kier molecular flexibility index (Phi) is 2.94. The van der Waals surface area contributed by atoms with Crippen molar-refractivity contribution in [2.24, 2.45) is 0 Å². The van der Waals surface area contributed by atoms with Gasteiger partial charge in [0.1, 0.15) is 5.52 Å². The highest BCUT2D eigenvalue weighted by Gasteiger charge is 2.21. The standard InChI is InChI=1S/C14H12N2O3S/c1-16(11-5-3-2-4-6-11)20(17,18)12-7-8-13-14(9-12)19-10-15-13/h2-10H,1H3. The van der Waals surface area contributed by atoms with E-state index in [0.717, 1.165) is 0 Å². The van der Waals surface area contributed by atoms with Crippen molar-refractivity contribution in [2.75, 3.05) is 11.4 Å². The van der Waals surface area contributed by atoms with Crippen molar-refractivity contribution in [2.45, 2.75) is 4.90 Å². The average molecular weight is 288 g/mol. The summed E-state index contributed by atoms with van der Waals surface area (Å²) in [5.41, 5.74) is 1.68. The molecule has 20 heavy (non-hydrogen) atoms. The van der Waals surface area contributed by atoms with Crippen LogP contribution in [0.25, 0.3) is 11.1 Å². The molecule has 0 saturated carbocycles. The molecule has 0 aliphatic carbocycles. The van der Waals surface area contributed by atoms with E-state index in [0.29, 0.717) is 16.8 Å². The summed E-state index contributed by atoms with van der Waals surface area (Å²) < 4.78 is 31.5. The molecule has 0 aliphatic heterocycles. The van der Waals surface area contributed by atoms with Gasteiger partial charge in [-0.15, -0.1) is 0 Å². The Morgan fingerprint density at radius 2 is 1.85 bits per heavy atom. The second-order valence-electron chi connectivity index (χ2n) is 4.29. The van der Waals surface area contributed by atoms with Crippen molar-refractivity contribution in [3.8, 4) is 0 Å². The van der Waals surface area contributed by atoms with Crippen LogP contribution < -0.4 is 4.31 Å². The average Bonchev–Trinajstić information content (AvgIpc) is 2.94. The third-order valence-corrected chi connectivity index (χ3v) is 4.86. The van der Waals surface area contributed by atoms with Crippen LogP contribution >= 0.6 is 0 Å². The van der Waals surface area contributed by atoms with E-state index in [1.165, 1.54) is 29.9 Å². The van der Waals surface area contributed by atoms with E-state index in [-0.39, 0.29) is 4.90 Å². The third kappa shape index (κ3) is 2.04. The molecule has 0 bridgehead atoms. The first kappa shape index (κ1) is 12.7. The number of anilines is 1. The van der Waals surface area contributed by atoms with Gasteiger partial charge in [0.05, 0.1) is 10.6 Å². The van der Waals surface area contributed by atoms with Gasteiger partial charge < -0.3 is 4.42 Å². The lowest BCUT2D eigenvalue weighted by molar-refractivity contribution is 0.590. The van der Waals surface area contributed by atoms with E-state index in [4.69, 9.17) is 4.42 Å². The third-order valence-electron chi connectivity index (χ3n) is 3.08. The second-order valence-corrected chi connectivity index (χ2v) is 6.26.